The maximum Gasteiger partial charge on any atom is 0.262 e. The van der Waals surface area contributed by atoms with E-state index in [1.165, 1.54) is 12.1 Å². The molecule has 0 atom stereocenters. The lowest BCUT2D eigenvalue weighted by Crippen LogP contribution is -2.25. The zero-order valence-corrected chi connectivity index (χ0v) is 16.0. The van der Waals surface area contributed by atoms with Crippen LogP contribution < -0.4 is 9.64 Å². The predicted octanol–water partition coefficient (Wildman–Crippen LogP) is 5.70. The monoisotopic (exact) mass is 385 g/mol. The number of carbonyl (C=O) groups is 1. The molecule has 0 saturated heterocycles. The van der Waals surface area contributed by atoms with E-state index in [0.29, 0.717) is 17.9 Å². The van der Waals surface area contributed by atoms with Crippen LogP contribution in [0.2, 0.25) is 0 Å². The third kappa shape index (κ3) is 3.97. The number of hydrogen-bond donors (Lipinski definition) is 0. The molecule has 3 aromatic carbocycles. The topological polar surface area (TPSA) is 29.5 Å². The quantitative estimate of drug-likeness (QED) is 0.528. The summed E-state index contributed by atoms with van der Waals surface area (Å²) in [5.74, 6) is 0.212. The van der Waals surface area contributed by atoms with Crippen molar-refractivity contribution in [2.24, 2.45) is 0 Å². The minimum atomic E-state index is -0.383. The van der Waals surface area contributed by atoms with Gasteiger partial charge >= 0.3 is 0 Å². The summed E-state index contributed by atoms with van der Waals surface area (Å²) in [5.41, 5.74) is 3.54. The molecule has 4 rings (SSSR count). The van der Waals surface area contributed by atoms with Gasteiger partial charge in [0, 0.05) is 5.57 Å². The fourth-order valence-electron chi connectivity index (χ4n) is 3.31. The highest BCUT2D eigenvalue weighted by Gasteiger charge is 2.30. The molecule has 29 heavy (non-hydrogen) atoms. The molecule has 1 aliphatic rings. The van der Waals surface area contributed by atoms with Gasteiger partial charge in [-0.3, -0.25) is 9.69 Å². The molecule has 1 aliphatic heterocycles. The summed E-state index contributed by atoms with van der Waals surface area (Å²) in [6, 6.07) is 23.3. The number of hydrogen-bond acceptors (Lipinski definition) is 2. The average molecular weight is 385 g/mol. The first-order valence-electron chi connectivity index (χ1n) is 9.47. The van der Waals surface area contributed by atoms with Crippen LogP contribution in [0.5, 0.6) is 5.75 Å². The van der Waals surface area contributed by atoms with Crippen LogP contribution >= 0.6 is 0 Å². The largest absolute Gasteiger partial charge is 0.494 e. The Bertz CT molecular complexity index is 1090. The zero-order chi connectivity index (χ0) is 20.2. The number of amides is 1. The van der Waals surface area contributed by atoms with Crippen molar-refractivity contribution in [2.75, 3.05) is 11.5 Å². The second-order valence-corrected chi connectivity index (χ2v) is 6.62. The van der Waals surface area contributed by atoms with E-state index in [4.69, 9.17) is 4.74 Å². The Morgan fingerprint density at radius 1 is 0.966 bits per heavy atom. The van der Waals surface area contributed by atoms with E-state index in [1.807, 2.05) is 73.7 Å². The lowest BCUT2D eigenvalue weighted by atomic mass is 10.1. The third-order valence-electron chi connectivity index (χ3n) is 4.63. The fourth-order valence-corrected chi connectivity index (χ4v) is 3.31. The first-order chi connectivity index (χ1) is 14.2. The van der Waals surface area contributed by atoms with Crippen LogP contribution in [0.4, 0.5) is 10.1 Å². The van der Waals surface area contributed by atoms with Gasteiger partial charge in [-0.05, 0) is 60.5 Å². The third-order valence-corrected chi connectivity index (χ3v) is 4.63. The van der Waals surface area contributed by atoms with Crippen molar-refractivity contribution in [1.82, 2.24) is 0 Å². The number of carbonyl (C=O) groups excluding carboxylic acids is 1. The van der Waals surface area contributed by atoms with Gasteiger partial charge in [0.15, 0.2) is 0 Å². The van der Waals surface area contributed by atoms with Crippen molar-refractivity contribution in [3.63, 3.8) is 0 Å². The van der Waals surface area contributed by atoms with E-state index >= 15 is 0 Å². The normalized spacial score (nSPS) is 15.0. The van der Waals surface area contributed by atoms with Gasteiger partial charge in [-0.1, -0.05) is 48.5 Å². The summed E-state index contributed by atoms with van der Waals surface area (Å²) in [7, 11) is 0. The van der Waals surface area contributed by atoms with Crippen molar-refractivity contribution >= 4 is 23.4 Å². The van der Waals surface area contributed by atoms with Crippen LogP contribution in [0.3, 0.4) is 0 Å². The molecule has 3 nitrogen and oxygen atoms in total. The van der Waals surface area contributed by atoms with Crippen LogP contribution in [-0.2, 0) is 4.79 Å². The highest BCUT2D eigenvalue weighted by Crippen LogP contribution is 2.35. The summed E-state index contributed by atoms with van der Waals surface area (Å²) in [5, 5.41) is 0. The van der Waals surface area contributed by atoms with E-state index in [2.05, 4.69) is 0 Å². The lowest BCUT2D eigenvalue weighted by molar-refractivity contribution is -0.113. The van der Waals surface area contributed by atoms with Crippen molar-refractivity contribution in [3.05, 3.63) is 107 Å². The molecule has 0 N–H and O–H groups in total. The summed E-state index contributed by atoms with van der Waals surface area (Å²) >= 11 is 0. The van der Waals surface area contributed by atoms with E-state index in [0.717, 1.165) is 22.6 Å². The van der Waals surface area contributed by atoms with E-state index in [1.54, 1.807) is 17.0 Å². The SMILES string of the molecule is CCOc1ccc(/C=C2\C=C(c3ccccc3)N(c3cccc(F)c3)C2=O)cc1. The van der Waals surface area contributed by atoms with Crippen LogP contribution in [0, 0.1) is 5.82 Å². The number of halogens is 1. The maximum absolute atomic E-state index is 13.8. The van der Waals surface area contributed by atoms with E-state index in [-0.39, 0.29) is 11.7 Å². The lowest BCUT2D eigenvalue weighted by Gasteiger charge is -2.20. The number of benzene rings is 3. The van der Waals surface area contributed by atoms with Crippen molar-refractivity contribution in [3.8, 4) is 5.75 Å². The van der Waals surface area contributed by atoms with Crippen molar-refractivity contribution in [1.29, 1.82) is 0 Å². The minimum Gasteiger partial charge on any atom is -0.494 e. The van der Waals surface area contributed by atoms with Crippen molar-refractivity contribution < 1.29 is 13.9 Å². The fraction of sp³-hybridized carbons (Fsp3) is 0.0800. The Hall–Kier alpha value is -3.66. The zero-order valence-electron chi connectivity index (χ0n) is 16.0. The standard InChI is InChI=1S/C25H20FNO2/c1-2-29-23-13-11-18(12-14-23)15-20-16-24(19-7-4-3-5-8-19)27(25(20)28)22-10-6-9-21(26)17-22/h3-17H,2H2,1H3/b20-15+. The Balaban J connectivity index is 1.75. The van der Waals surface area contributed by atoms with Crippen LogP contribution in [0.15, 0.2) is 90.5 Å². The summed E-state index contributed by atoms with van der Waals surface area (Å²) in [6.45, 7) is 2.54. The molecule has 3 aromatic rings. The Labute approximate surface area is 169 Å². The predicted molar refractivity (Wildman–Crippen MR) is 114 cm³/mol. The minimum absolute atomic E-state index is 0.191. The van der Waals surface area contributed by atoms with Gasteiger partial charge in [0.2, 0.25) is 0 Å². The molecule has 0 unspecified atom stereocenters. The Morgan fingerprint density at radius 3 is 2.41 bits per heavy atom. The van der Waals surface area contributed by atoms with Crippen LogP contribution in [0.25, 0.3) is 11.8 Å². The summed E-state index contributed by atoms with van der Waals surface area (Å²) in [4.78, 5) is 14.8. The molecule has 0 bridgehead atoms. The van der Waals surface area contributed by atoms with Gasteiger partial charge in [-0.15, -0.1) is 0 Å². The molecule has 4 heteroatoms. The number of ether oxygens (including phenoxy) is 1. The average Bonchev–Trinajstić information content (AvgIpc) is 3.06. The molecular weight excluding hydrogens is 365 g/mol. The molecule has 0 radical (unpaired) electrons. The molecule has 144 valence electrons. The van der Waals surface area contributed by atoms with Crippen LogP contribution in [-0.4, -0.2) is 12.5 Å². The Kier molecular flexibility index (Phi) is 5.25. The molecular formula is C25H20FNO2. The Morgan fingerprint density at radius 2 is 1.72 bits per heavy atom. The smallest absolute Gasteiger partial charge is 0.262 e. The van der Waals surface area contributed by atoms with Crippen molar-refractivity contribution in [2.45, 2.75) is 6.92 Å². The highest BCUT2D eigenvalue weighted by molar-refractivity contribution is 6.23. The first-order valence-corrected chi connectivity index (χ1v) is 9.47. The van der Waals surface area contributed by atoms with E-state index in [9.17, 15) is 9.18 Å². The van der Waals surface area contributed by atoms with Gasteiger partial charge in [0.1, 0.15) is 11.6 Å². The summed E-state index contributed by atoms with van der Waals surface area (Å²) in [6.07, 6.45) is 3.68. The van der Waals surface area contributed by atoms with Gasteiger partial charge in [-0.25, -0.2) is 4.39 Å². The molecule has 1 heterocycles. The maximum atomic E-state index is 13.8. The number of anilines is 1. The van der Waals surface area contributed by atoms with Gasteiger partial charge in [0.25, 0.3) is 5.91 Å². The first kappa shape index (κ1) is 18.7. The van der Waals surface area contributed by atoms with E-state index < -0.39 is 0 Å². The molecule has 0 spiro atoms. The van der Waals surface area contributed by atoms with Gasteiger partial charge in [0.05, 0.1) is 18.0 Å². The molecule has 0 fully saturated rings. The molecule has 0 aromatic heterocycles. The summed E-state index contributed by atoms with van der Waals surface area (Å²) < 4.78 is 19.3. The van der Waals surface area contributed by atoms with Gasteiger partial charge < -0.3 is 4.74 Å². The second-order valence-electron chi connectivity index (χ2n) is 6.62. The molecule has 0 aliphatic carbocycles. The molecule has 1 amide bonds. The number of rotatable bonds is 5. The number of nitrogens with zero attached hydrogens (tertiary/aromatic N) is 1. The van der Waals surface area contributed by atoms with Crippen LogP contribution in [0.1, 0.15) is 18.1 Å². The molecule has 0 saturated carbocycles. The highest BCUT2D eigenvalue weighted by atomic mass is 19.1. The van der Waals surface area contributed by atoms with Gasteiger partial charge in [-0.2, -0.15) is 0 Å². The second kappa shape index (κ2) is 8.15.